The van der Waals surface area contributed by atoms with Crippen LogP contribution in [-0.4, -0.2) is 41.5 Å². The molecule has 2 aliphatic rings. The number of piperazine rings is 1. The molecule has 1 aromatic rings. The van der Waals surface area contributed by atoms with E-state index < -0.39 is 0 Å². The van der Waals surface area contributed by atoms with Crippen LogP contribution in [0.1, 0.15) is 58.9 Å². The van der Waals surface area contributed by atoms with Crippen LogP contribution in [-0.2, 0) is 0 Å². The van der Waals surface area contributed by atoms with Crippen LogP contribution in [0.25, 0.3) is 0 Å². The molecule has 1 aliphatic carbocycles. The summed E-state index contributed by atoms with van der Waals surface area (Å²) in [6.07, 6.45) is 5.10. The zero-order valence-electron chi connectivity index (χ0n) is 12.3. The third kappa shape index (κ3) is 2.74. The summed E-state index contributed by atoms with van der Waals surface area (Å²) in [4.78, 5) is 20.2. The van der Waals surface area contributed by atoms with Crippen LogP contribution in [0.5, 0.6) is 0 Å². The molecular weight excluding hydrogens is 270 g/mol. The lowest BCUT2D eigenvalue weighted by Crippen LogP contribution is -2.51. The van der Waals surface area contributed by atoms with E-state index in [4.69, 9.17) is 0 Å². The van der Waals surface area contributed by atoms with Gasteiger partial charge in [-0.15, -0.1) is 11.3 Å². The Labute approximate surface area is 124 Å². The second-order valence-corrected chi connectivity index (χ2v) is 7.09. The average Bonchev–Trinajstić information content (AvgIpc) is 3.07. The van der Waals surface area contributed by atoms with Gasteiger partial charge in [0.25, 0.3) is 5.91 Å². The van der Waals surface area contributed by atoms with Gasteiger partial charge in [-0.2, -0.15) is 0 Å². The summed E-state index contributed by atoms with van der Waals surface area (Å²) >= 11 is 1.64. The maximum atomic E-state index is 12.7. The minimum absolute atomic E-state index is 0.178. The number of thiazole rings is 1. The Hall–Kier alpha value is -0.940. The first-order chi connectivity index (χ1) is 9.65. The molecule has 0 radical (unpaired) electrons. The highest BCUT2D eigenvalue weighted by Gasteiger charge is 2.27. The van der Waals surface area contributed by atoms with Gasteiger partial charge in [-0.3, -0.25) is 4.79 Å². The Kier molecular flexibility index (Phi) is 4.08. The van der Waals surface area contributed by atoms with E-state index in [1.54, 1.807) is 11.3 Å². The largest absolute Gasteiger partial charge is 0.335 e. The standard InChI is InChI=1S/C15H23N3OS/c1-10-9-18(8-7-16-10)15(19)13-11(2)17-14(20-13)12-5-3-4-6-12/h10,12,16H,3-9H2,1-2H3. The maximum absolute atomic E-state index is 12.7. The monoisotopic (exact) mass is 293 g/mol. The van der Waals surface area contributed by atoms with Gasteiger partial charge in [-0.1, -0.05) is 12.8 Å². The molecule has 1 saturated heterocycles. The number of aryl methyl sites for hydroxylation is 1. The molecule has 4 nitrogen and oxygen atoms in total. The van der Waals surface area contributed by atoms with Crippen LogP contribution in [0.2, 0.25) is 0 Å². The summed E-state index contributed by atoms with van der Waals surface area (Å²) in [5, 5.41) is 4.56. The summed E-state index contributed by atoms with van der Waals surface area (Å²) < 4.78 is 0. The number of amides is 1. The van der Waals surface area contributed by atoms with Crippen molar-refractivity contribution >= 4 is 17.2 Å². The van der Waals surface area contributed by atoms with Crippen LogP contribution < -0.4 is 5.32 Å². The Morgan fingerprint density at radius 1 is 1.40 bits per heavy atom. The van der Waals surface area contributed by atoms with E-state index in [9.17, 15) is 4.79 Å². The van der Waals surface area contributed by atoms with E-state index in [-0.39, 0.29) is 5.91 Å². The van der Waals surface area contributed by atoms with E-state index in [0.717, 1.165) is 30.2 Å². The Bertz CT molecular complexity index is 493. The molecule has 110 valence electrons. The number of hydrogen-bond acceptors (Lipinski definition) is 4. The third-order valence-electron chi connectivity index (χ3n) is 4.37. The first-order valence-electron chi connectivity index (χ1n) is 7.65. The minimum Gasteiger partial charge on any atom is -0.335 e. The van der Waals surface area contributed by atoms with Crippen molar-refractivity contribution < 1.29 is 4.79 Å². The van der Waals surface area contributed by atoms with Crippen molar-refractivity contribution in [3.05, 3.63) is 15.6 Å². The van der Waals surface area contributed by atoms with Gasteiger partial charge in [0.2, 0.25) is 0 Å². The predicted molar refractivity (Wildman–Crippen MR) is 81.4 cm³/mol. The normalized spacial score (nSPS) is 24.3. The van der Waals surface area contributed by atoms with Crippen LogP contribution in [0.15, 0.2) is 0 Å². The molecule has 5 heteroatoms. The lowest BCUT2D eigenvalue weighted by molar-refractivity contribution is 0.0713. The summed E-state index contributed by atoms with van der Waals surface area (Å²) in [7, 11) is 0. The summed E-state index contributed by atoms with van der Waals surface area (Å²) in [6.45, 7) is 6.60. The van der Waals surface area contributed by atoms with Gasteiger partial charge in [-0.05, 0) is 26.7 Å². The van der Waals surface area contributed by atoms with Gasteiger partial charge < -0.3 is 10.2 Å². The molecule has 1 aliphatic heterocycles. The first kappa shape index (κ1) is 14.0. The highest BCUT2D eigenvalue weighted by atomic mass is 32.1. The van der Waals surface area contributed by atoms with Crippen LogP contribution in [0.3, 0.4) is 0 Å². The van der Waals surface area contributed by atoms with Gasteiger partial charge in [0, 0.05) is 31.6 Å². The van der Waals surface area contributed by atoms with Crippen molar-refractivity contribution in [2.75, 3.05) is 19.6 Å². The van der Waals surface area contributed by atoms with Gasteiger partial charge in [0.05, 0.1) is 10.7 Å². The quantitative estimate of drug-likeness (QED) is 0.911. The SMILES string of the molecule is Cc1nc(C2CCCC2)sc1C(=O)N1CCNC(C)C1. The van der Waals surface area contributed by atoms with Crippen molar-refractivity contribution in [2.45, 2.75) is 51.5 Å². The van der Waals surface area contributed by atoms with E-state index in [2.05, 4.69) is 17.2 Å². The fourth-order valence-electron chi connectivity index (χ4n) is 3.22. The molecule has 1 atom stereocenters. The van der Waals surface area contributed by atoms with Crippen molar-refractivity contribution in [1.29, 1.82) is 0 Å². The molecule has 2 fully saturated rings. The van der Waals surface area contributed by atoms with E-state index in [0.29, 0.717) is 12.0 Å². The summed E-state index contributed by atoms with van der Waals surface area (Å²) in [5.74, 6) is 0.778. The zero-order chi connectivity index (χ0) is 14.1. The average molecular weight is 293 g/mol. The second kappa shape index (κ2) is 5.82. The third-order valence-corrected chi connectivity index (χ3v) is 5.68. The van der Waals surface area contributed by atoms with Gasteiger partial charge in [0.15, 0.2) is 0 Å². The number of nitrogens with one attached hydrogen (secondary N) is 1. The zero-order valence-corrected chi connectivity index (χ0v) is 13.1. The van der Waals surface area contributed by atoms with Crippen molar-refractivity contribution in [3.63, 3.8) is 0 Å². The smallest absolute Gasteiger partial charge is 0.265 e. The molecule has 3 rings (SSSR count). The summed E-state index contributed by atoms with van der Waals surface area (Å²) in [5.41, 5.74) is 0.924. The van der Waals surface area contributed by atoms with Crippen molar-refractivity contribution in [2.24, 2.45) is 0 Å². The van der Waals surface area contributed by atoms with Crippen LogP contribution in [0, 0.1) is 6.92 Å². The Morgan fingerprint density at radius 2 is 2.15 bits per heavy atom. The lowest BCUT2D eigenvalue weighted by Gasteiger charge is -2.31. The highest BCUT2D eigenvalue weighted by molar-refractivity contribution is 7.13. The van der Waals surface area contributed by atoms with E-state index in [1.807, 2.05) is 11.8 Å². The summed E-state index contributed by atoms with van der Waals surface area (Å²) in [6, 6.07) is 0.384. The van der Waals surface area contributed by atoms with Crippen molar-refractivity contribution in [1.82, 2.24) is 15.2 Å². The molecule has 1 unspecified atom stereocenters. The fourth-order valence-corrected chi connectivity index (χ4v) is 4.43. The number of rotatable bonds is 2. The Balaban J connectivity index is 1.77. The molecule has 1 amide bonds. The Morgan fingerprint density at radius 3 is 2.85 bits per heavy atom. The minimum atomic E-state index is 0.178. The highest BCUT2D eigenvalue weighted by Crippen LogP contribution is 2.37. The van der Waals surface area contributed by atoms with Gasteiger partial charge in [0.1, 0.15) is 4.88 Å². The molecule has 0 spiro atoms. The molecule has 1 aromatic heterocycles. The number of carbonyl (C=O) groups excluding carboxylic acids is 1. The van der Waals surface area contributed by atoms with E-state index >= 15 is 0 Å². The molecule has 20 heavy (non-hydrogen) atoms. The molecule has 0 bridgehead atoms. The molecule has 0 aromatic carbocycles. The van der Waals surface area contributed by atoms with Crippen molar-refractivity contribution in [3.8, 4) is 0 Å². The molecular formula is C15H23N3OS. The topological polar surface area (TPSA) is 45.2 Å². The van der Waals surface area contributed by atoms with Crippen LogP contribution in [0.4, 0.5) is 0 Å². The second-order valence-electron chi connectivity index (χ2n) is 6.05. The number of nitrogens with zero attached hydrogens (tertiary/aromatic N) is 2. The van der Waals surface area contributed by atoms with Crippen LogP contribution >= 0.6 is 11.3 Å². The number of aromatic nitrogens is 1. The maximum Gasteiger partial charge on any atom is 0.265 e. The first-order valence-corrected chi connectivity index (χ1v) is 8.47. The molecule has 1 N–H and O–H groups in total. The lowest BCUT2D eigenvalue weighted by atomic mass is 10.1. The fraction of sp³-hybridized carbons (Fsp3) is 0.733. The van der Waals surface area contributed by atoms with Gasteiger partial charge in [-0.25, -0.2) is 4.98 Å². The molecule has 1 saturated carbocycles. The van der Waals surface area contributed by atoms with Gasteiger partial charge >= 0.3 is 0 Å². The number of hydrogen-bond donors (Lipinski definition) is 1. The molecule has 2 heterocycles. The van der Waals surface area contributed by atoms with E-state index in [1.165, 1.54) is 30.7 Å². The number of carbonyl (C=O) groups is 1. The predicted octanol–water partition coefficient (Wildman–Crippen LogP) is 2.54.